The van der Waals surface area contributed by atoms with Crippen molar-refractivity contribution in [2.24, 2.45) is 0 Å². The molecule has 2 atom stereocenters. The van der Waals surface area contributed by atoms with Gasteiger partial charge in [-0.1, -0.05) is 17.2 Å². The van der Waals surface area contributed by atoms with Gasteiger partial charge in [-0.3, -0.25) is 15.0 Å². The van der Waals surface area contributed by atoms with Crippen molar-refractivity contribution in [3.63, 3.8) is 0 Å². The standard InChI is InChI=1S/C25H32N2O6S/c1-14-11-15(2)13-18(12-14)23(29)27(25(5,6)7)26-22(28)19-9-10-20-21(16(19)3)33-24(17(4)32-20)34(8,30)31/h9-13,17,24H,1-8H3,(H,26,28). The van der Waals surface area contributed by atoms with E-state index in [0.717, 1.165) is 17.4 Å². The molecule has 2 unspecified atom stereocenters. The zero-order valence-electron chi connectivity index (χ0n) is 20.8. The Hall–Kier alpha value is -3.07. The molecule has 8 nitrogen and oxygen atoms in total. The van der Waals surface area contributed by atoms with E-state index < -0.39 is 32.8 Å². The second-order valence-corrected chi connectivity index (χ2v) is 12.0. The summed E-state index contributed by atoms with van der Waals surface area (Å²) in [4.78, 5) is 26.7. The van der Waals surface area contributed by atoms with Crippen molar-refractivity contribution in [2.75, 3.05) is 6.26 Å². The van der Waals surface area contributed by atoms with Gasteiger partial charge in [0.05, 0.1) is 5.54 Å². The number of nitrogens with one attached hydrogen (secondary N) is 1. The molecule has 2 aromatic carbocycles. The van der Waals surface area contributed by atoms with E-state index in [1.807, 2.05) is 40.7 Å². The lowest BCUT2D eigenvalue weighted by Crippen LogP contribution is -2.56. The molecule has 0 aromatic heterocycles. The smallest absolute Gasteiger partial charge is 0.272 e. The van der Waals surface area contributed by atoms with Crippen LogP contribution >= 0.6 is 0 Å². The number of amides is 2. The van der Waals surface area contributed by atoms with E-state index in [1.165, 1.54) is 5.01 Å². The van der Waals surface area contributed by atoms with E-state index >= 15 is 0 Å². The lowest BCUT2D eigenvalue weighted by atomic mass is 10.0. The third-order valence-corrected chi connectivity index (χ3v) is 6.85. The third-order valence-electron chi connectivity index (χ3n) is 5.52. The first-order chi connectivity index (χ1) is 15.6. The number of hydrogen-bond acceptors (Lipinski definition) is 6. The second-order valence-electron chi connectivity index (χ2n) is 9.83. The maximum Gasteiger partial charge on any atom is 0.272 e. The molecule has 0 saturated carbocycles. The average molecular weight is 489 g/mol. The first kappa shape index (κ1) is 25.6. The van der Waals surface area contributed by atoms with E-state index in [0.29, 0.717) is 16.9 Å². The van der Waals surface area contributed by atoms with Crippen molar-refractivity contribution >= 4 is 21.7 Å². The normalized spacial score (nSPS) is 17.8. The molecular weight excluding hydrogens is 456 g/mol. The summed E-state index contributed by atoms with van der Waals surface area (Å²) in [5.41, 5.74) is 3.85. The van der Waals surface area contributed by atoms with Crippen LogP contribution in [0.5, 0.6) is 11.5 Å². The first-order valence-corrected chi connectivity index (χ1v) is 12.9. The number of benzene rings is 2. The van der Waals surface area contributed by atoms with Gasteiger partial charge in [0, 0.05) is 22.9 Å². The van der Waals surface area contributed by atoms with Gasteiger partial charge in [-0.15, -0.1) is 0 Å². The van der Waals surface area contributed by atoms with E-state index in [1.54, 1.807) is 38.1 Å². The number of hydrogen-bond donors (Lipinski definition) is 1. The summed E-state index contributed by atoms with van der Waals surface area (Å²) in [7, 11) is -3.56. The van der Waals surface area contributed by atoms with Crippen molar-refractivity contribution in [2.45, 2.75) is 65.5 Å². The molecule has 1 N–H and O–H groups in total. The minimum absolute atomic E-state index is 0.198. The number of rotatable bonds is 3. The van der Waals surface area contributed by atoms with Gasteiger partial charge in [0.1, 0.15) is 6.10 Å². The minimum atomic E-state index is -3.56. The van der Waals surface area contributed by atoms with Crippen LogP contribution in [-0.2, 0) is 9.84 Å². The molecule has 0 aliphatic carbocycles. The molecule has 2 amide bonds. The SMILES string of the molecule is Cc1cc(C)cc(C(=O)N(NC(=O)c2ccc3c(c2C)OC(S(C)(=O)=O)C(C)O3)C(C)(C)C)c1. The van der Waals surface area contributed by atoms with Crippen molar-refractivity contribution in [3.8, 4) is 11.5 Å². The van der Waals surface area contributed by atoms with Crippen LogP contribution in [0, 0.1) is 20.8 Å². The molecule has 1 aliphatic heterocycles. The molecule has 0 fully saturated rings. The van der Waals surface area contributed by atoms with Gasteiger partial charge in [0.25, 0.3) is 11.8 Å². The summed E-state index contributed by atoms with van der Waals surface area (Å²) in [6.45, 7) is 12.6. The molecule has 0 saturated heterocycles. The highest BCUT2D eigenvalue weighted by atomic mass is 32.2. The number of hydrazine groups is 1. The van der Waals surface area contributed by atoms with Gasteiger partial charge in [-0.2, -0.15) is 0 Å². The summed E-state index contributed by atoms with van der Waals surface area (Å²) in [5.74, 6) is -0.301. The van der Waals surface area contributed by atoms with Gasteiger partial charge in [-0.25, -0.2) is 13.4 Å². The topological polar surface area (TPSA) is 102 Å². The highest BCUT2D eigenvalue weighted by molar-refractivity contribution is 7.91. The number of fused-ring (bicyclic) bond motifs is 1. The van der Waals surface area contributed by atoms with Crippen LogP contribution < -0.4 is 14.9 Å². The summed E-state index contributed by atoms with van der Waals surface area (Å²) in [5, 5.41) is 1.31. The van der Waals surface area contributed by atoms with Crippen molar-refractivity contribution in [3.05, 3.63) is 58.1 Å². The Balaban J connectivity index is 1.95. The Morgan fingerprint density at radius 1 is 1.00 bits per heavy atom. The Morgan fingerprint density at radius 2 is 1.59 bits per heavy atom. The summed E-state index contributed by atoms with van der Waals surface area (Å²) >= 11 is 0. The average Bonchev–Trinajstić information content (AvgIpc) is 2.68. The van der Waals surface area contributed by atoms with Crippen LogP contribution in [0.2, 0.25) is 0 Å². The highest BCUT2D eigenvalue weighted by Crippen LogP contribution is 2.39. The van der Waals surface area contributed by atoms with Crippen LogP contribution in [0.15, 0.2) is 30.3 Å². The van der Waals surface area contributed by atoms with E-state index in [-0.39, 0.29) is 17.2 Å². The van der Waals surface area contributed by atoms with Crippen molar-refractivity contribution in [1.82, 2.24) is 10.4 Å². The van der Waals surface area contributed by atoms with Crippen molar-refractivity contribution in [1.29, 1.82) is 0 Å². The van der Waals surface area contributed by atoms with Crippen LogP contribution in [-0.4, -0.2) is 48.6 Å². The fourth-order valence-corrected chi connectivity index (χ4v) is 4.99. The van der Waals surface area contributed by atoms with Gasteiger partial charge in [-0.05, 0) is 72.7 Å². The molecular formula is C25H32N2O6S. The Bertz CT molecular complexity index is 1230. The fraction of sp³-hybridized carbons (Fsp3) is 0.440. The number of carbonyl (C=O) groups excluding carboxylic acids is 2. The monoisotopic (exact) mass is 488 g/mol. The van der Waals surface area contributed by atoms with Crippen LogP contribution in [0.4, 0.5) is 0 Å². The van der Waals surface area contributed by atoms with Crippen LogP contribution in [0.1, 0.15) is 65.1 Å². The highest BCUT2D eigenvalue weighted by Gasteiger charge is 2.38. The van der Waals surface area contributed by atoms with Crippen LogP contribution in [0.3, 0.4) is 0 Å². The Morgan fingerprint density at radius 3 is 2.12 bits per heavy atom. The second kappa shape index (κ2) is 8.94. The van der Waals surface area contributed by atoms with E-state index in [9.17, 15) is 18.0 Å². The zero-order chi connectivity index (χ0) is 25.6. The molecule has 9 heteroatoms. The van der Waals surface area contributed by atoms with Crippen molar-refractivity contribution < 1.29 is 27.5 Å². The summed E-state index contributed by atoms with van der Waals surface area (Å²) in [6.07, 6.45) is 0.377. The molecule has 2 aromatic rings. The number of nitrogens with zero attached hydrogens (tertiary/aromatic N) is 1. The molecule has 1 aliphatic rings. The lowest BCUT2D eigenvalue weighted by Gasteiger charge is -2.36. The molecule has 0 bridgehead atoms. The minimum Gasteiger partial charge on any atom is -0.482 e. The largest absolute Gasteiger partial charge is 0.482 e. The zero-order valence-corrected chi connectivity index (χ0v) is 21.7. The molecule has 34 heavy (non-hydrogen) atoms. The van der Waals surface area contributed by atoms with Gasteiger partial charge < -0.3 is 9.47 Å². The van der Waals surface area contributed by atoms with Gasteiger partial charge in [0.15, 0.2) is 21.3 Å². The molecule has 3 rings (SSSR count). The quantitative estimate of drug-likeness (QED) is 0.661. The number of carbonyl (C=O) groups is 2. The molecule has 1 heterocycles. The molecule has 0 radical (unpaired) electrons. The van der Waals surface area contributed by atoms with E-state index in [4.69, 9.17) is 9.47 Å². The summed E-state index contributed by atoms with van der Waals surface area (Å²) in [6, 6.07) is 8.67. The third kappa shape index (κ3) is 5.19. The Kier molecular flexibility index (Phi) is 6.72. The Labute approximate surface area is 201 Å². The predicted octanol–water partition coefficient (Wildman–Crippen LogP) is 3.73. The predicted molar refractivity (Wildman–Crippen MR) is 130 cm³/mol. The molecule has 0 spiro atoms. The van der Waals surface area contributed by atoms with Crippen LogP contribution in [0.25, 0.3) is 0 Å². The maximum absolute atomic E-state index is 13.4. The number of sulfone groups is 1. The number of aryl methyl sites for hydroxylation is 2. The first-order valence-electron chi connectivity index (χ1n) is 11.0. The summed E-state index contributed by atoms with van der Waals surface area (Å²) < 4.78 is 35.8. The fourth-order valence-electron chi connectivity index (χ4n) is 3.97. The molecule has 184 valence electrons. The van der Waals surface area contributed by atoms with Gasteiger partial charge >= 0.3 is 0 Å². The van der Waals surface area contributed by atoms with E-state index in [2.05, 4.69) is 5.43 Å². The number of ether oxygens (including phenoxy) is 2. The lowest BCUT2D eigenvalue weighted by molar-refractivity contribution is 0.0357. The van der Waals surface area contributed by atoms with Gasteiger partial charge in [0.2, 0.25) is 5.44 Å². The maximum atomic E-state index is 13.4.